The van der Waals surface area contributed by atoms with Gasteiger partial charge in [0.1, 0.15) is 0 Å². The SMILES string of the molecule is O=C(O)c1ccccc1.c1ccc2c(c1)Cc1ccccc1-2. The van der Waals surface area contributed by atoms with E-state index >= 15 is 0 Å². The third-order valence-corrected chi connectivity index (χ3v) is 3.73. The molecule has 1 aliphatic rings. The molecule has 0 aliphatic heterocycles. The highest BCUT2D eigenvalue weighted by molar-refractivity contribution is 5.87. The second-order valence-corrected chi connectivity index (χ2v) is 5.16. The average Bonchev–Trinajstić information content (AvgIpc) is 2.95. The Hall–Kier alpha value is -2.87. The van der Waals surface area contributed by atoms with E-state index in [1.54, 1.807) is 30.3 Å². The summed E-state index contributed by atoms with van der Waals surface area (Å²) in [7, 11) is 0. The van der Waals surface area contributed by atoms with Crippen molar-refractivity contribution in [2.75, 3.05) is 0 Å². The van der Waals surface area contributed by atoms with E-state index in [1.807, 2.05) is 0 Å². The van der Waals surface area contributed by atoms with Crippen LogP contribution in [0.3, 0.4) is 0 Å². The van der Waals surface area contributed by atoms with E-state index in [2.05, 4.69) is 48.5 Å². The fourth-order valence-electron chi connectivity index (χ4n) is 2.66. The molecule has 0 spiro atoms. The standard InChI is InChI=1S/C13H10.C7H6O2/c1-3-7-12-10(5-1)9-11-6-2-4-8-13(11)12;8-7(9)6-4-2-1-3-5-6/h1-8H,9H2;1-5H,(H,8,9). The summed E-state index contributed by atoms with van der Waals surface area (Å²) in [6.45, 7) is 0. The molecule has 0 saturated heterocycles. The van der Waals surface area contributed by atoms with Gasteiger partial charge in [-0.25, -0.2) is 4.79 Å². The molecule has 0 unspecified atom stereocenters. The summed E-state index contributed by atoms with van der Waals surface area (Å²) in [6, 6.07) is 25.6. The van der Waals surface area contributed by atoms with Crippen molar-refractivity contribution in [1.82, 2.24) is 0 Å². The van der Waals surface area contributed by atoms with Crippen LogP contribution in [-0.4, -0.2) is 11.1 Å². The minimum Gasteiger partial charge on any atom is -0.478 e. The van der Waals surface area contributed by atoms with Gasteiger partial charge in [0.15, 0.2) is 0 Å². The summed E-state index contributed by atoms with van der Waals surface area (Å²) < 4.78 is 0. The number of rotatable bonds is 1. The van der Waals surface area contributed by atoms with Gasteiger partial charge in [-0.15, -0.1) is 0 Å². The van der Waals surface area contributed by atoms with Crippen molar-refractivity contribution < 1.29 is 9.90 Å². The largest absolute Gasteiger partial charge is 0.478 e. The number of aromatic carboxylic acids is 1. The molecule has 3 aromatic rings. The smallest absolute Gasteiger partial charge is 0.335 e. The third kappa shape index (κ3) is 2.91. The number of hydrogen-bond donors (Lipinski definition) is 1. The molecule has 0 fully saturated rings. The Morgan fingerprint density at radius 2 is 1.14 bits per heavy atom. The Labute approximate surface area is 129 Å². The van der Waals surface area contributed by atoms with E-state index in [0.29, 0.717) is 5.56 Å². The van der Waals surface area contributed by atoms with Gasteiger partial charge < -0.3 is 5.11 Å². The summed E-state index contributed by atoms with van der Waals surface area (Å²) >= 11 is 0. The molecule has 2 heteroatoms. The normalized spacial score (nSPS) is 10.9. The Balaban J connectivity index is 0.000000142. The fraction of sp³-hybridized carbons (Fsp3) is 0.0500. The van der Waals surface area contributed by atoms with E-state index < -0.39 is 5.97 Å². The number of hydrogen-bond acceptors (Lipinski definition) is 1. The molecule has 22 heavy (non-hydrogen) atoms. The molecule has 0 atom stereocenters. The molecule has 0 radical (unpaired) electrons. The third-order valence-electron chi connectivity index (χ3n) is 3.73. The van der Waals surface area contributed by atoms with Gasteiger partial charge in [-0.2, -0.15) is 0 Å². The van der Waals surface area contributed by atoms with Crippen molar-refractivity contribution in [2.24, 2.45) is 0 Å². The Kier molecular flexibility index (Phi) is 4.01. The van der Waals surface area contributed by atoms with Gasteiger partial charge in [0.2, 0.25) is 0 Å². The Morgan fingerprint density at radius 3 is 1.59 bits per heavy atom. The quantitative estimate of drug-likeness (QED) is 0.554. The van der Waals surface area contributed by atoms with Gasteiger partial charge >= 0.3 is 5.97 Å². The van der Waals surface area contributed by atoms with Crippen LogP contribution < -0.4 is 0 Å². The zero-order valence-electron chi connectivity index (χ0n) is 12.1. The first-order chi connectivity index (χ1) is 10.8. The summed E-state index contributed by atoms with van der Waals surface area (Å²) in [6.07, 6.45) is 1.10. The lowest BCUT2D eigenvalue weighted by atomic mass is 10.1. The summed E-state index contributed by atoms with van der Waals surface area (Å²) in [5.41, 5.74) is 6.08. The number of carbonyl (C=O) groups is 1. The highest BCUT2D eigenvalue weighted by Gasteiger charge is 2.15. The predicted octanol–water partition coefficient (Wildman–Crippen LogP) is 4.64. The highest BCUT2D eigenvalue weighted by Crippen LogP contribution is 2.35. The molecule has 0 bridgehead atoms. The minimum absolute atomic E-state index is 0.331. The van der Waals surface area contributed by atoms with Gasteiger partial charge in [-0.05, 0) is 40.8 Å². The predicted molar refractivity (Wildman–Crippen MR) is 88.1 cm³/mol. The van der Waals surface area contributed by atoms with E-state index in [0.717, 1.165) is 6.42 Å². The Bertz CT molecular complexity index is 748. The lowest BCUT2D eigenvalue weighted by Crippen LogP contribution is -1.93. The Morgan fingerprint density at radius 1 is 0.682 bits per heavy atom. The minimum atomic E-state index is -0.879. The number of fused-ring (bicyclic) bond motifs is 3. The molecule has 0 saturated carbocycles. The van der Waals surface area contributed by atoms with Crippen molar-refractivity contribution in [3.8, 4) is 11.1 Å². The second-order valence-electron chi connectivity index (χ2n) is 5.16. The van der Waals surface area contributed by atoms with Gasteiger partial charge in [0.25, 0.3) is 0 Å². The molecule has 1 N–H and O–H groups in total. The average molecular weight is 288 g/mol. The van der Waals surface area contributed by atoms with Crippen LogP contribution in [0.15, 0.2) is 78.9 Å². The summed E-state index contributed by atoms with van der Waals surface area (Å²) in [5, 5.41) is 8.38. The van der Waals surface area contributed by atoms with Crippen LogP contribution in [0.5, 0.6) is 0 Å². The van der Waals surface area contributed by atoms with Crippen LogP contribution in [-0.2, 0) is 6.42 Å². The second kappa shape index (κ2) is 6.27. The zero-order valence-corrected chi connectivity index (χ0v) is 12.1. The monoisotopic (exact) mass is 288 g/mol. The maximum absolute atomic E-state index is 10.2. The molecule has 2 nitrogen and oxygen atoms in total. The summed E-state index contributed by atoms with van der Waals surface area (Å²) in [5.74, 6) is -0.879. The van der Waals surface area contributed by atoms with Gasteiger partial charge in [-0.1, -0.05) is 66.7 Å². The van der Waals surface area contributed by atoms with Crippen LogP contribution >= 0.6 is 0 Å². The van der Waals surface area contributed by atoms with Crippen LogP contribution in [0, 0.1) is 0 Å². The van der Waals surface area contributed by atoms with Crippen LogP contribution in [0.25, 0.3) is 11.1 Å². The molecule has 108 valence electrons. The molecule has 3 aromatic carbocycles. The van der Waals surface area contributed by atoms with Gasteiger partial charge in [0.05, 0.1) is 5.56 Å². The first-order valence-corrected chi connectivity index (χ1v) is 7.20. The van der Waals surface area contributed by atoms with Crippen molar-refractivity contribution in [2.45, 2.75) is 6.42 Å². The lowest BCUT2D eigenvalue weighted by molar-refractivity contribution is 0.0697. The van der Waals surface area contributed by atoms with Crippen LogP contribution in [0.1, 0.15) is 21.5 Å². The highest BCUT2D eigenvalue weighted by atomic mass is 16.4. The van der Waals surface area contributed by atoms with Crippen molar-refractivity contribution in [3.05, 3.63) is 95.6 Å². The molecule has 0 aromatic heterocycles. The first-order valence-electron chi connectivity index (χ1n) is 7.20. The summed E-state index contributed by atoms with van der Waals surface area (Å²) in [4.78, 5) is 10.2. The van der Waals surface area contributed by atoms with Crippen LogP contribution in [0.4, 0.5) is 0 Å². The number of benzene rings is 3. The molecule has 4 rings (SSSR count). The van der Waals surface area contributed by atoms with E-state index in [1.165, 1.54) is 22.3 Å². The zero-order chi connectivity index (χ0) is 15.4. The number of carboxylic acid groups (broad SMARTS) is 1. The molecular weight excluding hydrogens is 272 g/mol. The van der Waals surface area contributed by atoms with Gasteiger partial charge in [0, 0.05) is 0 Å². The number of carboxylic acids is 1. The van der Waals surface area contributed by atoms with Crippen molar-refractivity contribution >= 4 is 5.97 Å². The molecule has 0 amide bonds. The van der Waals surface area contributed by atoms with E-state index in [4.69, 9.17) is 5.11 Å². The van der Waals surface area contributed by atoms with E-state index in [9.17, 15) is 4.79 Å². The van der Waals surface area contributed by atoms with E-state index in [-0.39, 0.29) is 0 Å². The molecular formula is C20H16O2. The fourth-order valence-corrected chi connectivity index (χ4v) is 2.66. The van der Waals surface area contributed by atoms with Crippen molar-refractivity contribution in [3.63, 3.8) is 0 Å². The topological polar surface area (TPSA) is 37.3 Å². The van der Waals surface area contributed by atoms with Crippen LogP contribution in [0.2, 0.25) is 0 Å². The molecule has 0 heterocycles. The maximum atomic E-state index is 10.2. The maximum Gasteiger partial charge on any atom is 0.335 e. The molecule has 1 aliphatic carbocycles. The van der Waals surface area contributed by atoms with Gasteiger partial charge in [-0.3, -0.25) is 0 Å². The lowest BCUT2D eigenvalue weighted by Gasteiger charge is -1.98. The first kappa shape index (κ1) is 14.1. The van der Waals surface area contributed by atoms with Crippen molar-refractivity contribution in [1.29, 1.82) is 0 Å².